The number of aryl methyl sites for hydroxylation is 1. The van der Waals surface area contributed by atoms with E-state index in [4.69, 9.17) is 9.47 Å². The fourth-order valence-corrected chi connectivity index (χ4v) is 4.70. The number of piperidine rings is 1. The first-order chi connectivity index (χ1) is 16.6. The number of amides is 1. The van der Waals surface area contributed by atoms with Gasteiger partial charge >= 0.3 is 12.1 Å². The summed E-state index contributed by atoms with van der Waals surface area (Å²) in [7, 11) is 0. The van der Waals surface area contributed by atoms with Crippen molar-refractivity contribution in [2.24, 2.45) is 0 Å². The number of carboxylic acid groups (broad SMARTS) is 1. The molecule has 0 radical (unpaired) electrons. The van der Waals surface area contributed by atoms with Gasteiger partial charge in [0.1, 0.15) is 11.4 Å². The molecule has 0 saturated carbocycles. The third-order valence-electron chi connectivity index (χ3n) is 6.42. The van der Waals surface area contributed by atoms with E-state index in [1.54, 1.807) is 6.07 Å². The zero-order valence-electron chi connectivity index (χ0n) is 21.0. The summed E-state index contributed by atoms with van der Waals surface area (Å²) in [4.78, 5) is 24.7. The Bertz CT molecular complexity index is 990. The maximum Gasteiger partial charge on any atom is 0.407 e. The Balaban J connectivity index is 1.65. The van der Waals surface area contributed by atoms with Crippen LogP contribution in [0.15, 0.2) is 48.5 Å². The topological polar surface area (TPSA) is 96.3 Å². The highest BCUT2D eigenvalue weighted by Gasteiger charge is 2.40. The molecule has 2 aromatic rings. The standard InChI is InChI=1S/C28H37NO6/c1-27(2,3)35-25(31)13-19-34-18-7-8-21-11-12-24(30)23(20-21)28(22-9-5-4-6-10-22)14-16-29(17-15-28)26(32)33/h4-6,9-12,20,30H,7-8,13-19H2,1-3H3,(H,32,33). The SMILES string of the molecule is CC(C)(C)OC(=O)CCOCCCc1ccc(O)c(C2(c3ccccc3)CCN(C(=O)O)CC2)c1. The van der Waals surface area contributed by atoms with Gasteiger partial charge in [-0.25, -0.2) is 4.79 Å². The Hall–Kier alpha value is -3.06. The molecule has 1 aliphatic heterocycles. The lowest BCUT2D eigenvalue weighted by atomic mass is 9.67. The molecule has 2 N–H and O–H groups in total. The molecule has 1 aliphatic rings. The van der Waals surface area contributed by atoms with E-state index in [-0.39, 0.29) is 18.1 Å². The van der Waals surface area contributed by atoms with Gasteiger partial charge in [0.2, 0.25) is 0 Å². The molecule has 190 valence electrons. The van der Waals surface area contributed by atoms with Gasteiger partial charge in [0.25, 0.3) is 0 Å². The second-order valence-corrected chi connectivity index (χ2v) is 10.1. The highest BCUT2D eigenvalue weighted by atomic mass is 16.6. The summed E-state index contributed by atoms with van der Waals surface area (Å²) >= 11 is 0. The molecule has 35 heavy (non-hydrogen) atoms. The number of phenolic OH excluding ortho intramolecular Hbond substituents is 1. The molecule has 1 saturated heterocycles. The van der Waals surface area contributed by atoms with E-state index in [9.17, 15) is 19.8 Å². The van der Waals surface area contributed by atoms with Gasteiger partial charge < -0.3 is 24.6 Å². The summed E-state index contributed by atoms with van der Waals surface area (Å²) in [5.41, 5.74) is 2.08. The maximum atomic E-state index is 11.8. The summed E-state index contributed by atoms with van der Waals surface area (Å²) in [6, 6.07) is 15.8. The highest BCUT2D eigenvalue weighted by Crippen LogP contribution is 2.45. The van der Waals surface area contributed by atoms with Crippen LogP contribution in [0.4, 0.5) is 4.79 Å². The van der Waals surface area contributed by atoms with E-state index in [0.717, 1.165) is 29.5 Å². The van der Waals surface area contributed by atoms with Crippen molar-refractivity contribution in [1.82, 2.24) is 4.90 Å². The number of carbonyl (C=O) groups is 2. The molecule has 7 heteroatoms. The first kappa shape index (κ1) is 26.5. The van der Waals surface area contributed by atoms with Crippen LogP contribution in [0.2, 0.25) is 0 Å². The molecular weight excluding hydrogens is 446 g/mol. The second kappa shape index (κ2) is 11.6. The first-order valence-electron chi connectivity index (χ1n) is 12.3. The van der Waals surface area contributed by atoms with Gasteiger partial charge in [-0.1, -0.05) is 42.5 Å². The Morgan fingerprint density at radius 2 is 1.71 bits per heavy atom. The van der Waals surface area contributed by atoms with Crippen LogP contribution in [0.1, 0.15) is 63.1 Å². The molecule has 2 aromatic carbocycles. The van der Waals surface area contributed by atoms with Crippen LogP contribution in [0.25, 0.3) is 0 Å². The molecule has 0 aromatic heterocycles. The number of hydrogen-bond donors (Lipinski definition) is 2. The van der Waals surface area contributed by atoms with Crippen molar-refractivity contribution < 1.29 is 29.3 Å². The van der Waals surface area contributed by atoms with Crippen molar-refractivity contribution in [2.75, 3.05) is 26.3 Å². The Labute approximate surface area is 207 Å². The normalized spacial score (nSPS) is 15.6. The van der Waals surface area contributed by atoms with Crippen molar-refractivity contribution in [3.05, 3.63) is 65.2 Å². The number of carbonyl (C=O) groups excluding carboxylic acids is 1. The summed E-state index contributed by atoms with van der Waals surface area (Å²) in [5, 5.41) is 20.3. The Morgan fingerprint density at radius 3 is 2.34 bits per heavy atom. The number of phenols is 1. The van der Waals surface area contributed by atoms with Crippen LogP contribution in [0, 0.1) is 0 Å². The van der Waals surface area contributed by atoms with Gasteiger partial charge in [-0.3, -0.25) is 4.79 Å². The monoisotopic (exact) mass is 483 g/mol. The van der Waals surface area contributed by atoms with Gasteiger partial charge in [0, 0.05) is 30.7 Å². The largest absolute Gasteiger partial charge is 0.508 e. The molecule has 1 heterocycles. The predicted octanol–water partition coefficient (Wildman–Crippen LogP) is 5.13. The Morgan fingerprint density at radius 1 is 1.03 bits per heavy atom. The van der Waals surface area contributed by atoms with Crippen molar-refractivity contribution >= 4 is 12.1 Å². The third-order valence-corrected chi connectivity index (χ3v) is 6.42. The van der Waals surface area contributed by atoms with Gasteiger partial charge in [-0.2, -0.15) is 0 Å². The second-order valence-electron chi connectivity index (χ2n) is 10.1. The van der Waals surface area contributed by atoms with Gasteiger partial charge in [-0.05, 0) is 63.6 Å². The number of esters is 1. The molecule has 1 fully saturated rings. The number of hydrogen-bond acceptors (Lipinski definition) is 5. The summed E-state index contributed by atoms with van der Waals surface area (Å²) < 4.78 is 10.9. The smallest absolute Gasteiger partial charge is 0.407 e. The fourth-order valence-electron chi connectivity index (χ4n) is 4.70. The minimum atomic E-state index is -0.906. The number of aromatic hydroxyl groups is 1. The number of likely N-dealkylation sites (tertiary alicyclic amines) is 1. The molecular formula is C28H37NO6. The predicted molar refractivity (Wildman–Crippen MR) is 134 cm³/mol. The van der Waals surface area contributed by atoms with Crippen LogP contribution >= 0.6 is 0 Å². The quantitative estimate of drug-likeness (QED) is 0.379. The molecule has 7 nitrogen and oxygen atoms in total. The van der Waals surface area contributed by atoms with E-state index in [1.165, 1.54) is 4.90 Å². The van der Waals surface area contributed by atoms with Crippen molar-refractivity contribution in [1.29, 1.82) is 0 Å². The summed E-state index contributed by atoms with van der Waals surface area (Å²) in [5.74, 6) is -0.0316. The van der Waals surface area contributed by atoms with Gasteiger partial charge in [-0.15, -0.1) is 0 Å². The molecule has 0 spiro atoms. The molecule has 3 rings (SSSR count). The minimum Gasteiger partial charge on any atom is -0.508 e. The van der Waals surface area contributed by atoms with Crippen LogP contribution in [0.5, 0.6) is 5.75 Å². The molecule has 1 amide bonds. The molecule has 0 unspecified atom stereocenters. The van der Waals surface area contributed by atoms with Gasteiger partial charge in [0.05, 0.1) is 13.0 Å². The Kier molecular flexibility index (Phi) is 8.78. The van der Waals surface area contributed by atoms with E-state index in [1.807, 2.05) is 45.0 Å². The average molecular weight is 484 g/mol. The third kappa shape index (κ3) is 7.21. The van der Waals surface area contributed by atoms with Crippen LogP contribution in [0.3, 0.4) is 0 Å². The maximum absolute atomic E-state index is 11.8. The van der Waals surface area contributed by atoms with Crippen LogP contribution in [-0.4, -0.2) is 59.1 Å². The molecule has 0 aliphatic carbocycles. The number of ether oxygens (including phenoxy) is 2. The molecule has 0 bridgehead atoms. The lowest BCUT2D eigenvalue weighted by molar-refractivity contribution is -0.156. The minimum absolute atomic E-state index is 0.230. The number of benzene rings is 2. The van der Waals surface area contributed by atoms with Crippen LogP contribution < -0.4 is 0 Å². The molecule has 0 atom stereocenters. The van der Waals surface area contributed by atoms with E-state index in [2.05, 4.69) is 18.2 Å². The van der Waals surface area contributed by atoms with Crippen molar-refractivity contribution in [3.8, 4) is 5.75 Å². The number of rotatable bonds is 9. The zero-order chi connectivity index (χ0) is 25.5. The van der Waals surface area contributed by atoms with Crippen LogP contribution in [-0.2, 0) is 26.1 Å². The lowest BCUT2D eigenvalue weighted by Gasteiger charge is -2.42. The van der Waals surface area contributed by atoms with Crippen molar-refractivity contribution in [2.45, 2.75) is 63.9 Å². The van der Waals surface area contributed by atoms with Crippen molar-refractivity contribution in [3.63, 3.8) is 0 Å². The summed E-state index contributed by atoms with van der Waals surface area (Å²) in [6.07, 6.45) is 2.09. The lowest BCUT2D eigenvalue weighted by Crippen LogP contribution is -2.45. The van der Waals surface area contributed by atoms with E-state index < -0.39 is 17.1 Å². The summed E-state index contributed by atoms with van der Waals surface area (Å²) in [6.45, 7) is 7.21. The van der Waals surface area contributed by atoms with Gasteiger partial charge in [0.15, 0.2) is 0 Å². The highest BCUT2D eigenvalue weighted by molar-refractivity contribution is 5.69. The fraction of sp³-hybridized carbons (Fsp3) is 0.500. The average Bonchev–Trinajstić information content (AvgIpc) is 2.81. The van der Waals surface area contributed by atoms with E-state index >= 15 is 0 Å². The first-order valence-corrected chi connectivity index (χ1v) is 12.3. The zero-order valence-corrected chi connectivity index (χ0v) is 21.0. The number of nitrogens with zero attached hydrogens (tertiary/aromatic N) is 1. The van der Waals surface area contributed by atoms with E-state index in [0.29, 0.717) is 39.1 Å².